The number of likely N-dealkylation sites (N-methyl/N-ethyl adjacent to an activating group) is 1. The molecule has 0 aliphatic heterocycles. The van der Waals surface area contributed by atoms with Crippen LogP contribution in [0.25, 0.3) is 0 Å². The summed E-state index contributed by atoms with van der Waals surface area (Å²) in [5, 5.41) is 3.29. The second-order valence-corrected chi connectivity index (χ2v) is 4.67. The summed E-state index contributed by atoms with van der Waals surface area (Å²) >= 11 is 3.38. The fourth-order valence-corrected chi connectivity index (χ4v) is 2.02. The summed E-state index contributed by atoms with van der Waals surface area (Å²) in [6, 6.07) is 4.36. The third kappa shape index (κ3) is 3.85. The van der Waals surface area contributed by atoms with E-state index in [1.54, 1.807) is 7.11 Å². The smallest absolute Gasteiger partial charge is 0.0725 e. The molecular formula is C12H19BrN2O. The van der Waals surface area contributed by atoms with Crippen LogP contribution in [0.2, 0.25) is 0 Å². The molecule has 0 spiro atoms. The predicted octanol–water partition coefficient (Wildman–Crippen LogP) is 2.40. The number of ether oxygens (including phenoxy) is 1. The van der Waals surface area contributed by atoms with Crippen LogP contribution in [0.15, 0.2) is 22.8 Å². The second-order valence-electron chi connectivity index (χ2n) is 3.75. The van der Waals surface area contributed by atoms with E-state index in [1.165, 1.54) is 0 Å². The van der Waals surface area contributed by atoms with E-state index in [-0.39, 0.29) is 6.10 Å². The molecule has 16 heavy (non-hydrogen) atoms. The van der Waals surface area contributed by atoms with Crippen LogP contribution in [-0.4, -0.2) is 31.3 Å². The number of nitrogens with zero attached hydrogens (tertiary/aromatic N) is 1. The van der Waals surface area contributed by atoms with Gasteiger partial charge in [0, 0.05) is 35.9 Å². The highest BCUT2D eigenvalue weighted by Crippen LogP contribution is 2.12. The molecule has 4 heteroatoms. The van der Waals surface area contributed by atoms with E-state index in [1.807, 2.05) is 25.4 Å². The van der Waals surface area contributed by atoms with Crippen molar-refractivity contribution < 1.29 is 4.74 Å². The molecule has 1 rings (SSSR count). The molecule has 0 aliphatic rings. The van der Waals surface area contributed by atoms with E-state index in [0.717, 1.165) is 23.0 Å². The minimum atomic E-state index is 0.232. The second kappa shape index (κ2) is 6.99. The zero-order chi connectivity index (χ0) is 12.0. The minimum Gasteiger partial charge on any atom is -0.380 e. The normalized spacial score (nSPS) is 14.8. The Morgan fingerprint density at radius 1 is 1.50 bits per heavy atom. The summed E-state index contributed by atoms with van der Waals surface area (Å²) in [6.07, 6.45) is 3.94. The molecule has 0 amide bonds. The maximum absolute atomic E-state index is 5.45. The number of pyridine rings is 1. The van der Waals surface area contributed by atoms with E-state index < -0.39 is 0 Å². The topological polar surface area (TPSA) is 34.1 Å². The van der Waals surface area contributed by atoms with Crippen LogP contribution in [-0.2, 0) is 11.2 Å². The minimum absolute atomic E-state index is 0.232. The predicted molar refractivity (Wildman–Crippen MR) is 69.6 cm³/mol. The van der Waals surface area contributed by atoms with Gasteiger partial charge in [-0.05, 0) is 41.5 Å². The molecular weight excluding hydrogens is 268 g/mol. The highest BCUT2D eigenvalue weighted by atomic mass is 79.9. The monoisotopic (exact) mass is 286 g/mol. The lowest BCUT2D eigenvalue weighted by Gasteiger charge is -2.24. The maximum Gasteiger partial charge on any atom is 0.0725 e. The van der Waals surface area contributed by atoms with Gasteiger partial charge in [-0.25, -0.2) is 0 Å². The number of aromatic nitrogens is 1. The molecule has 1 aromatic heterocycles. The summed E-state index contributed by atoms with van der Waals surface area (Å²) in [5.41, 5.74) is 1.08. The van der Waals surface area contributed by atoms with Crippen molar-refractivity contribution in [2.24, 2.45) is 0 Å². The van der Waals surface area contributed by atoms with Crippen molar-refractivity contribution in [2.45, 2.75) is 31.9 Å². The van der Waals surface area contributed by atoms with Crippen molar-refractivity contribution in [3.63, 3.8) is 0 Å². The molecule has 0 fully saturated rings. The van der Waals surface area contributed by atoms with Crippen molar-refractivity contribution in [3.05, 3.63) is 28.5 Å². The third-order valence-electron chi connectivity index (χ3n) is 2.74. The lowest BCUT2D eigenvalue weighted by molar-refractivity contribution is 0.0675. The van der Waals surface area contributed by atoms with Crippen LogP contribution >= 0.6 is 15.9 Å². The van der Waals surface area contributed by atoms with E-state index in [4.69, 9.17) is 4.74 Å². The Bertz CT molecular complexity index is 298. The van der Waals surface area contributed by atoms with Crippen molar-refractivity contribution in [2.75, 3.05) is 14.2 Å². The molecule has 2 unspecified atom stereocenters. The average Bonchev–Trinajstić information content (AvgIpc) is 2.32. The molecule has 2 atom stereocenters. The fraction of sp³-hybridized carbons (Fsp3) is 0.583. The first kappa shape index (κ1) is 13.6. The Balaban J connectivity index is 2.65. The maximum atomic E-state index is 5.45. The highest BCUT2D eigenvalue weighted by Gasteiger charge is 2.18. The summed E-state index contributed by atoms with van der Waals surface area (Å²) in [4.78, 5) is 4.37. The van der Waals surface area contributed by atoms with Gasteiger partial charge >= 0.3 is 0 Å². The van der Waals surface area contributed by atoms with Gasteiger partial charge < -0.3 is 10.1 Å². The fourth-order valence-electron chi connectivity index (χ4n) is 1.79. The van der Waals surface area contributed by atoms with Crippen molar-refractivity contribution in [1.82, 2.24) is 10.3 Å². The molecule has 0 aliphatic carbocycles. The Morgan fingerprint density at radius 3 is 2.69 bits per heavy atom. The standard InChI is InChI=1S/C12H19BrN2O/c1-4-12(16-3)11(14-2)7-10-6-5-9(13)8-15-10/h5-6,8,11-12,14H,4,7H2,1-3H3. The van der Waals surface area contributed by atoms with Gasteiger partial charge in [0.15, 0.2) is 0 Å². The van der Waals surface area contributed by atoms with Gasteiger partial charge in [-0.15, -0.1) is 0 Å². The van der Waals surface area contributed by atoms with Crippen LogP contribution in [0, 0.1) is 0 Å². The largest absolute Gasteiger partial charge is 0.380 e. The summed E-state index contributed by atoms with van der Waals surface area (Å²) < 4.78 is 6.46. The number of methoxy groups -OCH3 is 1. The number of hydrogen-bond acceptors (Lipinski definition) is 3. The van der Waals surface area contributed by atoms with Gasteiger partial charge in [-0.1, -0.05) is 6.92 Å². The summed E-state index contributed by atoms with van der Waals surface area (Å²) in [6.45, 7) is 2.13. The van der Waals surface area contributed by atoms with Gasteiger partial charge in [0.2, 0.25) is 0 Å². The van der Waals surface area contributed by atoms with Gasteiger partial charge in [0.05, 0.1) is 6.10 Å². The summed E-state index contributed by atoms with van der Waals surface area (Å²) in [7, 11) is 3.72. The highest BCUT2D eigenvalue weighted by molar-refractivity contribution is 9.10. The van der Waals surface area contributed by atoms with E-state index in [0.29, 0.717) is 6.04 Å². The number of hydrogen-bond donors (Lipinski definition) is 1. The quantitative estimate of drug-likeness (QED) is 0.872. The number of nitrogens with one attached hydrogen (secondary N) is 1. The third-order valence-corrected chi connectivity index (χ3v) is 3.21. The number of halogens is 1. The van der Waals surface area contributed by atoms with Crippen LogP contribution in [0.5, 0.6) is 0 Å². The van der Waals surface area contributed by atoms with E-state index in [2.05, 4.69) is 33.2 Å². The van der Waals surface area contributed by atoms with Crippen molar-refractivity contribution in [3.8, 4) is 0 Å². The molecule has 1 heterocycles. The molecule has 1 N–H and O–H groups in total. The Labute approximate surface area is 106 Å². The van der Waals surface area contributed by atoms with E-state index in [9.17, 15) is 0 Å². The van der Waals surface area contributed by atoms with Gasteiger partial charge in [0.1, 0.15) is 0 Å². The van der Waals surface area contributed by atoms with Gasteiger partial charge in [-0.2, -0.15) is 0 Å². The van der Waals surface area contributed by atoms with Crippen LogP contribution in [0.3, 0.4) is 0 Å². The summed E-state index contributed by atoms with van der Waals surface area (Å²) in [5.74, 6) is 0. The van der Waals surface area contributed by atoms with Crippen molar-refractivity contribution in [1.29, 1.82) is 0 Å². The molecule has 1 aromatic rings. The molecule has 90 valence electrons. The molecule has 0 aromatic carbocycles. The van der Waals surface area contributed by atoms with E-state index >= 15 is 0 Å². The SMILES string of the molecule is CCC(OC)C(Cc1ccc(Br)cn1)NC. The molecule has 0 saturated heterocycles. The first-order valence-corrected chi connectivity index (χ1v) is 6.31. The lowest BCUT2D eigenvalue weighted by atomic mass is 10.0. The Morgan fingerprint density at radius 2 is 2.25 bits per heavy atom. The zero-order valence-corrected chi connectivity index (χ0v) is 11.6. The van der Waals surface area contributed by atoms with Crippen LogP contribution in [0.4, 0.5) is 0 Å². The van der Waals surface area contributed by atoms with Gasteiger partial charge in [-0.3, -0.25) is 4.98 Å². The van der Waals surface area contributed by atoms with Crippen LogP contribution < -0.4 is 5.32 Å². The van der Waals surface area contributed by atoms with Crippen LogP contribution in [0.1, 0.15) is 19.0 Å². The Hall–Kier alpha value is -0.450. The first-order chi connectivity index (χ1) is 7.71. The van der Waals surface area contributed by atoms with Crippen molar-refractivity contribution >= 4 is 15.9 Å². The van der Waals surface area contributed by atoms with Gasteiger partial charge in [0.25, 0.3) is 0 Å². The zero-order valence-electron chi connectivity index (χ0n) is 10.0. The number of rotatable bonds is 6. The average molecular weight is 287 g/mol. The Kier molecular flexibility index (Phi) is 5.95. The molecule has 3 nitrogen and oxygen atoms in total. The molecule has 0 radical (unpaired) electrons. The molecule has 0 saturated carbocycles. The first-order valence-electron chi connectivity index (χ1n) is 5.51. The molecule has 0 bridgehead atoms. The lowest BCUT2D eigenvalue weighted by Crippen LogP contribution is -2.40.